The van der Waals surface area contributed by atoms with Gasteiger partial charge in [-0.1, -0.05) is 12.1 Å². The van der Waals surface area contributed by atoms with Crippen LogP contribution in [0, 0.1) is 6.92 Å². The molecule has 0 aliphatic carbocycles. The lowest BCUT2D eigenvalue weighted by Gasteiger charge is -2.23. The molecule has 1 aliphatic rings. The molecule has 0 bridgehead atoms. The summed E-state index contributed by atoms with van der Waals surface area (Å²) < 4.78 is 28.5. The summed E-state index contributed by atoms with van der Waals surface area (Å²) >= 11 is 0. The highest BCUT2D eigenvalue weighted by Gasteiger charge is 2.34. The van der Waals surface area contributed by atoms with E-state index in [1.807, 2.05) is 38.2 Å². The van der Waals surface area contributed by atoms with Gasteiger partial charge in [0.1, 0.15) is 36.8 Å². The number of benzene rings is 1. The molecule has 3 atom stereocenters. The smallest absolute Gasteiger partial charge is 0.156 e. The van der Waals surface area contributed by atoms with E-state index in [0.717, 1.165) is 16.2 Å². The van der Waals surface area contributed by atoms with Crippen LogP contribution in [-0.4, -0.2) is 57.4 Å². The Morgan fingerprint density at radius 1 is 1.48 bits per heavy atom. The van der Waals surface area contributed by atoms with Crippen molar-refractivity contribution in [1.82, 2.24) is 0 Å². The van der Waals surface area contributed by atoms with Crippen molar-refractivity contribution in [3.63, 3.8) is 0 Å². The number of rotatable bonds is 6. The Kier molecular flexibility index (Phi) is 5.24. The Morgan fingerprint density at radius 3 is 2.86 bits per heavy atom. The van der Waals surface area contributed by atoms with E-state index >= 15 is 0 Å². The molecular formula is C15H24NO4S+. The first-order chi connectivity index (χ1) is 9.85. The van der Waals surface area contributed by atoms with E-state index in [1.165, 1.54) is 0 Å². The molecule has 118 valence electrons. The minimum Gasteiger partial charge on any atom is -0.491 e. The zero-order chi connectivity index (χ0) is 15.5. The highest BCUT2D eigenvalue weighted by atomic mass is 32.2. The number of aliphatic hydroxyl groups excluding tert-OH is 1. The molecule has 1 unspecified atom stereocenters. The van der Waals surface area contributed by atoms with Crippen molar-refractivity contribution in [2.75, 3.05) is 31.7 Å². The van der Waals surface area contributed by atoms with Crippen LogP contribution >= 0.6 is 0 Å². The topological polar surface area (TPSA) is 68.0 Å². The summed E-state index contributed by atoms with van der Waals surface area (Å²) in [6, 6.07) is 7.77. The summed E-state index contributed by atoms with van der Waals surface area (Å²) in [6.45, 7) is 2.70. The Hall–Kier alpha value is -1.11. The second-order valence-electron chi connectivity index (χ2n) is 5.93. The summed E-state index contributed by atoms with van der Waals surface area (Å²) in [6.07, 6.45) is 0.0772. The molecule has 0 saturated carbocycles. The third-order valence-electron chi connectivity index (χ3n) is 3.92. The molecule has 1 aliphatic heterocycles. The monoisotopic (exact) mass is 314 g/mol. The maximum absolute atomic E-state index is 11.5. The number of likely N-dealkylation sites (N-methyl/N-ethyl adjacent to an activating group) is 1. The standard InChI is InChI=1S/C15H23NO4S/c1-12-4-3-5-15(8-12)20-10-14(17)9-16(2)13-6-7-21(18,19)11-13/h3-5,8,13-14,17H,6-7,9-11H2,1-2H3/p+1/t13-,14-/m1/s1. The summed E-state index contributed by atoms with van der Waals surface area (Å²) in [7, 11) is -0.938. The van der Waals surface area contributed by atoms with Gasteiger partial charge in [0.15, 0.2) is 9.84 Å². The predicted octanol–water partition coefficient (Wildman–Crippen LogP) is -0.563. The molecule has 6 heteroatoms. The van der Waals surface area contributed by atoms with E-state index in [9.17, 15) is 13.5 Å². The van der Waals surface area contributed by atoms with Crippen molar-refractivity contribution in [3.8, 4) is 5.75 Å². The fraction of sp³-hybridized carbons (Fsp3) is 0.600. The largest absolute Gasteiger partial charge is 0.491 e. The maximum Gasteiger partial charge on any atom is 0.156 e. The zero-order valence-electron chi connectivity index (χ0n) is 12.6. The number of quaternary nitrogens is 1. The van der Waals surface area contributed by atoms with Gasteiger partial charge in [-0.2, -0.15) is 0 Å². The molecule has 0 spiro atoms. The number of nitrogens with one attached hydrogen (secondary N) is 1. The van der Waals surface area contributed by atoms with Gasteiger partial charge in [-0.05, 0) is 24.6 Å². The Labute approximate surface area is 126 Å². The SMILES string of the molecule is Cc1cccc(OC[C@H](O)C[NH+](C)[C@@H]2CCS(=O)(=O)C2)c1. The van der Waals surface area contributed by atoms with Crippen molar-refractivity contribution in [1.29, 1.82) is 0 Å². The van der Waals surface area contributed by atoms with E-state index in [2.05, 4.69) is 0 Å². The normalized spacial score (nSPS) is 23.7. The van der Waals surface area contributed by atoms with E-state index in [1.54, 1.807) is 0 Å². The molecule has 0 radical (unpaired) electrons. The number of hydrogen-bond donors (Lipinski definition) is 2. The first-order valence-electron chi connectivity index (χ1n) is 7.26. The van der Waals surface area contributed by atoms with Crippen molar-refractivity contribution in [2.24, 2.45) is 0 Å². The maximum atomic E-state index is 11.5. The lowest BCUT2D eigenvalue weighted by Crippen LogP contribution is -3.14. The Morgan fingerprint density at radius 2 is 2.24 bits per heavy atom. The van der Waals surface area contributed by atoms with Crippen LogP contribution < -0.4 is 9.64 Å². The van der Waals surface area contributed by atoms with E-state index in [-0.39, 0.29) is 24.2 Å². The van der Waals surface area contributed by atoms with Gasteiger partial charge in [0, 0.05) is 6.42 Å². The van der Waals surface area contributed by atoms with Crippen molar-refractivity contribution in [2.45, 2.75) is 25.5 Å². The van der Waals surface area contributed by atoms with Gasteiger partial charge in [0.2, 0.25) is 0 Å². The van der Waals surface area contributed by atoms with E-state index in [0.29, 0.717) is 13.0 Å². The number of ether oxygens (including phenoxy) is 1. The number of aliphatic hydroxyl groups is 1. The fourth-order valence-electron chi connectivity index (χ4n) is 2.68. The first-order valence-corrected chi connectivity index (χ1v) is 9.08. The molecule has 21 heavy (non-hydrogen) atoms. The van der Waals surface area contributed by atoms with Crippen LogP contribution in [0.4, 0.5) is 0 Å². The van der Waals surface area contributed by atoms with Crippen LogP contribution in [0.15, 0.2) is 24.3 Å². The summed E-state index contributed by atoms with van der Waals surface area (Å²) in [5.74, 6) is 1.24. The molecule has 1 fully saturated rings. The lowest BCUT2D eigenvalue weighted by molar-refractivity contribution is -0.905. The highest BCUT2D eigenvalue weighted by Crippen LogP contribution is 2.12. The Balaban J connectivity index is 1.78. The molecule has 1 heterocycles. The summed E-state index contributed by atoms with van der Waals surface area (Å²) in [4.78, 5) is 1.05. The van der Waals surface area contributed by atoms with Crippen LogP contribution in [-0.2, 0) is 9.84 Å². The molecule has 0 amide bonds. The van der Waals surface area contributed by atoms with Gasteiger partial charge >= 0.3 is 0 Å². The highest BCUT2D eigenvalue weighted by molar-refractivity contribution is 7.91. The lowest BCUT2D eigenvalue weighted by atomic mass is 10.2. The van der Waals surface area contributed by atoms with Gasteiger partial charge < -0.3 is 14.7 Å². The summed E-state index contributed by atoms with van der Waals surface area (Å²) in [5, 5.41) is 10.0. The van der Waals surface area contributed by atoms with Gasteiger partial charge in [-0.15, -0.1) is 0 Å². The summed E-state index contributed by atoms with van der Waals surface area (Å²) in [5.41, 5.74) is 1.11. The second-order valence-corrected chi connectivity index (χ2v) is 8.16. The number of aryl methyl sites for hydroxylation is 1. The molecule has 1 saturated heterocycles. The van der Waals surface area contributed by atoms with Crippen LogP contribution in [0.3, 0.4) is 0 Å². The van der Waals surface area contributed by atoms with Gasteiger partial charge in [0.25, 0.3) is 0 Å². The third kappa shape index (κ3) is 4.98. The van der Waals surface area contributed by atoms with E-state index in [4.69, 9.17) is 4.74 Å². The van der Waals surface area contributed by atoms with Gasteiger partial charge in [0.05, 0.1) is 12.8 Å². The average molecular weight is 314 g/mol. The molecule has 2 N–H and O–H groups in total. The van der Waals surface area contributed by atoms with E-state index < -0.39 is 15.9 Å². The number of hydrogen-bond acceptors (Lipinski definition) is 4. The van der Waals surface area contributed by atoms with Gasteiger partial charge in [-0.3, -0.25) is 0 Å². The predicted molar refractivity (Wildman–Crippen MR) is 81.5 cm³/mol. The minimum atomic E-state index is -2.87. The van der Waals surface area contributed by atoms with Crippen molar-refractivity contribution >= 4 is 9.84 Å². The van der Waals surface area contributed by atoms with Crippen LogP contribution in [0.2, 0.25) is 0 Å². The van der Waals surface area contributed by atoms with Crippen LogP contribution in [0.5, 0.6) is 5.75 Å². The van der Waals surface area contributed by atoms with Gasteiger partial charge in [-0.25, -0.2) is 8.42 Å². The molecule has 1 aromatic rings. The molecule has 1 aromatic carbocycles. The molecular weight excluding hydrogens is 290 g/mol. The quantitative estimate of drug-likeness (QED) is 0.738. The molecule has 5 nitrogen and oxygen atoms in total. The zero-order valence-corrected chi connectivity index (χ0v) is 13.4. The molecule has 0 aromatic heterocycles. The molecule has 2 rings (SSSR count). The number of sulfone groups is 1. The van der Waals surface area contributed by atoms with Crippen molar-refractivity contribution in [3.05, 3.63) is 29.8 Å². The van der Waals surface area contributed by atoms with Crippen LogP contribution in [0.25, 0.3) is 0 Å². The Bertz CT molecular complexity index is 573. The average Bonchev–Trinajstić information content (AvgIpc) is 2.77. The second kappa shape index (κ2) is 6.77. The fourth-order valence-corrected chi connectivity index (χ4v) is 4.55. The van der Waals surface area contributed by atoms with Crippen LogP contribution in [0.1, 0.15) is 12.0 Å². The third-order valence-corrected chi connectivity index (χ3v) is 5.69. The van der Waals surface area contributed by atoms with Crippen molar-refractivity contribution < 1.29 is 23.2 Å². The minimum absolute atomic E-state index is 0.0867. The first kappa shape index (κ1) is 16.3.